The highest BCUT2D eigenvalue weighted by atomic mass is 35.5. The fraction of sp³-hybridized carbons (Fsp3) is 0.556. The molecular weight excluding hydrogens is 324 g/mol. The zero-order valence-corrected chi connectivity index (χ0v) is 15.7. The molecule has 0 saturated heterocycles. The Kier molecular flexibility index (Phi) is 8.42. The minimum atomic E-state index is -0.192. The van der Waals surface area contributed by atoms with Crippen molar-refractivity contribution >= 4 is 29.0 Å². The summed E-state index contributed by atoms with van der Waals surface area (Å²) in [5, 5.41) is 12.4. The second kappa shape index (κ2) is 10.0. The molecule has 0 spiro atoms. The minimum Gasteiger partial charge on any atom is -0.376 e. The summed E-state index contributed by atoms with van der Waals surface area (Å²) in [5.74, 6) is 0.433. The van der Waals surface area contributed by atoms with Crippen molar-refractivity contribution in [3.8, 4) is 6.07 Å². The first-order valence-corrected chi connectivity index (χ1v) is 8.70. The monoisotopic (exact) mass is 350 g/mol. The van der Waals surface area contributed by atoms with Gasteiger partial charge in [0.05, 0.1) is 23.9 Å². The molecule has 6 heteroatoms. The van der Waals surface area contributed by atoms with Gasteiger partial charge < -0.3 is 15.1 Å². The van der Waals surface area contributed by atoms with Crippen LogP contribution in [0.3, 0.4) is 0 Å². The number of rotatable bonds is 8. The molecule has 0 fully saturated rings. The van der Waals surface area contributed by atoms with Crippen LogP contribution in [0.2, 0.25) is 5.02 Å². The standard InChI is InChI=1S/C18H27ClN4O/c1-5-14(6-2)13-23(11-7-10-20)18(24)21-16-12-15(19)8-9-17(16)22(3)4/h8-9,12,14H,5-7,11,13H2,1-4H3,(H,21,24). The smallest absolute Gasteiger partial charge is 0.321 e. The highest BCUT2D eigenvalue weighted by molar-refractivity contribution is 6.31. The average molecular weight is 351 g/mol. The molecular formula is C18H27ClN4O. The van der Waals surface area contributed by atoms with Gasteiger partial charge in [0.2, 0.25) is 0 Å². The predicted octanol–water partition coefficient (Wildman–Crippen LogP) is 4.59. The fourth-order valence-electron chi connectivity index (χ4n) is 2.51. The summed E-state index contributed by atoms with van der Waals surface area (Å²) < 4.78 is 0. The number of nitrogens with one attached hydrogen (secondary N) is 1. The summed E-state index contributed by atoms with van der Waals surface area (Å²) in [5.41, 5.74) is 1.56. The van der Waals surface area contributed by atoms with E-state index in [-0.39, 0.29) is 6.03 Å². The molecule has 0 aliphatic heterocycles. The van der Waals surface area contributed by atoms with E-state index in [2.05, 4.69) is 25.2 Å². The summed E-state index contributed by atoms with van der Waals surface area (Å²) >= 11 is 6.07. The van der Waals surface area contributed by atoms with Crippen molar-refractivity contribution in [3.05, 3.63) is 23.2 Å². The lowest BCUT2D eigenvalue weighted by Crippen LogP contribution is -2.39. The van der Waals surface area contributed by atoms with Crippen LogP contribution in [0.5, 0.6) is 0 Å². The van der Waals surface area contributed by atoms with Gasteiger partial charge in [-0.3, -0.25) is 0 Å². The predicted molar refractivity (Wildman–Crippen MR) is 101 cm³/mol. The Bertz CT molecular complexity index is 579. The van der Waals surface area contributed by atoms with E-state index in [0.29, 0.717) is 36.1 Å². The lowest BCUT2D eigenvalue weighted by molar-refractivity contribution is 0.200. The largest absolute Gasteiger partial charge is 0.376 e. The zero-order valence-electron chi connectivity index (χ0n) is 15.0. The number of hydrogen-bond donors (Lipinski definition) is 1. The molecule has 0 aromatic heterocycles. The van der Waals surface area contributed by atoms with Gasteiger partial charge in [0.25, 0.3) is 0 Å². The maximum atomic E-state index is 12.7. The number of carbonyl (C=O) groups excluding carboxylic acids is 1. The van der Waals surface area contributed by atoms with Crippen molar-refractivity contribution in [2.75, 3.05) is 37.4 Å². The van der Waals surface area contributed by atoms with Crippen molar-refractivity contribution in [1.82, 2.24) is 4.90 Å². The molecule has 0 aliphatic rings. The van der Waals surface area contributed by atoms with E-state index in [4.69, 9.17) is 16.9 Å². The summed E-state index contributed by atoms with van der Waals surface area (Å²) in [7, 11) is 3.83. The number of nitrogens with zero attached hydrogens (tertiary/aromatic N) is 3. The van der Waals surface area contributed by atoms with E-state index in [9.17, 15) is 4.79 Å². The Hall–Kier alpha value is -1.93. The molecule has 5 nitrogen and oxygen atoms in total. The topological polar surface area (TPSA) is 59.4 Å². The molecule has 0 unspecified atom stereocenters. The molecule has 0 bridgehead atoms. The van der Waals surface area contributed by atoms with Gasteiger partial charge in [0.1, 0.15) is 0 Å². The molecule has 0 aliphatic carbocycles. The zero-order chi connectivity index (χ0) is 18.1. The van der Waals surface area contributed by atoms with E-state index < -0.39 is 0 Å². The highest BCUT2D eigenvalue weighted by Crippen LogP contribution is 2.28. The van der Waals surface area contributed by atoms with Crippen LogP contribution in [0.15, 0.2) is 18.2 Å². The van der Waals surface area contributed by atoms with Gasteiger partial charge in [0.15, 0.2) is 0 Å². The summed E-state index contributed by atoms with van der Waals surface area (Å²) in [6.07, 6.45) is 2.34. The van der Waals surface area contributed by atoms with Crippen molar-refractivity contribution < 1.29 is 4.79 Å². The molecule has 132 valence electrons. The van der Waals surface area contributed by atoms with Crippen LogP contribution in [-0.4, -0.2) is 38.1 Å². The number of halogens is 1. The Morgan fingerprint density at radius 3 is 2.54 bits per heavy atom. The van der Waals surface area contributed by atoms with E-state index >= 15 is 0 Å². The second-order valence-corrected chi connectivity index (χ2v) is 6.46. The van der Waals surface area contributed by atoms with Crippen molar-refractivity contribution in [2.45, 2.75) is 33.1 Å². The number of anilines is 2. The number of nitriles is 1. The highest BCUT2D eigenvalue weighted by Gasteiger charge is 2.18. The molecule has 0 saturated carbocycles. The van der Waals surface area contributed by atoms with Crippen molar-refractivity contribution in [2.24, 2.45) is 5.92 Å². The SMILES string of the molecule is CCC(CC)CN(CCC#N)C(=O)Nc1cc(Cl)ccc1N(C)C. The normalized spacial score (nSPS) is 10.4. The molecule has 0 atom stereocenters. The van der Waals surface area contributed by atoms with E-state index in [1.54, 1.807) is 17.0 Å². The molecule has 0 heterocycles. The molecule has 24 heavy (non-hydrogen) atoms. The summed E-state index contributed by atoms with van der Waals surface area (Å²) in [6.45, 7) is 5.32. The van der Waals surface area contributed by atoms with Crippen LogP contribution in [0.25, 0.3) is 0 Å². The Balaban J connectivity index is 2.95. The van der Waals surface area contributed by atoms with Crippen molar-refractivity contribution in [3.63, 3.8) is 0 Å². The lowest BCUT2D eigenvalue weighted by atomic mass is 10.0. The lowest BCUT2D eigenvalue weighted by Gasteiger charge is -2.27. The van der Waals surface area contributed by atoms with E-state index in [0.717, 1.165) is 18.5 Å². The summed E-state index contributed by atoms with van der Waals surface area (Å²) in [4.78, 5) is 16.4. The van der Waals surface area contributed by atoms with Gasteiger partial charge in [-0.15, -0.1) is 0 Å². The third kappa shape index (κ3) is 5.93. The maximum Gasteiger partial charge on any atom is 0.321 e. The Labute approximate surface area is 150 Å². The number of urea groups is 1. The third-order valence-electron chi connectivity index (χ3n) is 4.10. The van der Waals surface area contributed by atoms with E-state index in [1.807, 2.05) is 25.1 Å². The first-order valence-electron chi connectivity index (χ1n) is 8.32. The van der Waals surface area contributed by atoms with Gasteiger partial charge in [0, 0.05) is 32.2 Å². The van der Waals surface area contributed by atoms with E-state index in [1.165, 1.54) is 0 Å². The van der Waals surface area contributed by atoms with Crippen LogP contribution in [0.4, 0.5) is 16.2 Å². The van der Waals surface area contributed by atoms with Crippen LogP contribution < -0.4 is 10.2 Å². The Morgan fingerprint density at radius 2 is 2.00 bits per heavy atom. The first-order chi connectivity index (χ1) is 11.4. The molecule has 0 radical (unpaired) electrons. The molecule has 1 N–H and O–H groups in total. The van der Waals surface area contributed by atoms with Crippen LogP contribution >= 0.6 is 11.6 Å². The molecule has 1 aromatic carbocycles. The van der Waals surface area contributed by atoms with Gasteiger partial charge in [-0.2, -0.15) is 5.26 Å². The second-order valence-electron chi connectivity index (χ2n) is 6.02. The van der Waals surface area contributed by atoms with Crippen LogP contribution in [-0.2, 0) is 0 Å². The van der Waals surface area contributed by atoms with Crippen LogP contribution in [0, 0.1) is 17.2 Å². The third-order valence-corrected chi connectivity index (χ3v) is 4.33. The number of amides is 2. The Morgan fingerprint density at radius 1 is 1.33 bits per heavy atom. The van der Waals surface area contributed by atoms with Crippen LogP contribution in [0.1, 0.15) is 33.1 Å². The average Bonchev–Trinajstić information content (AvgIpc) is 2.54. The summed E-state index contributed by atoms with van der Waals surface area (Å²) in [6, 6.07) is 7.34. The quantitative estimate of drug-likeness (QED) is 0.745. The van der Waals surface area contributed by atoms with Crippen molar-refractivity contribution in [1.29, 1.82) is 5.26 Å². The molecule has 2 amide bonds. The van der Waals surface area contributed by atoms with Gasteiger partial charge in [-0.05, 0) is 24.1 Å². The fourth-order valence-corrected chi connectivity index (χ4v) is 2.68. The number of hydrogen-bond acceptors (Lipinski definition) is 3. The maximum absolute atomic E-state index is 12.7. The molecule has 1 aromatic rings. The first kappa shape index (κ1) is 20.1. The minimum absolute atomic E-state index is 0.192. The van der Waals surface area contributed by atoms with Gasteiger partial charge in [-0.1, -0.05) is 38.3 Å². The molecule has 1 rings (SSSR count). The number of carbonyl (C=O) groups is 1. The van der Waals surface area contributed by atoms with Gasteiger partial charge in [-0.25, -0.2) is 4.79 Å². The van der Waals surface area contributed by atoms with Gasteiger partial charge >= 0.3 is 6.03 Å². The number of benzene rings is 1.